The summed E-state index contributed by atoms with van der Waals surface area (Å²) in [5.74, 6) is 0.684. The van der Waals surface area contributed by atoms with Crippen molar-refractivity contribution in [2.45, 2.75) is 38.7 Å². The van der Waals surface area contributed by atoms with Gasteiger partial charge in [-0.1, -0.05) is 6.07 Å². The number of nitrogens with zero attached hydrogens (tertiary/aromatic N) is 2. The summed E-state index contributed by atoms with van der Waals surface area (Å²) in [5, 5.41) is 0. The van der Waals surface area contributed by atoms with Crippen molar-refractivity contribution in [1.82, 2.24) is 4.31 Å². The molecular weight excluding hydrogens is 360 g/mol. The number of piperazine rings is 1. The molecule has 1 aliphatic heterocycles. The van der Waals surface area contributed by atoms with Crippen LogP contribution in [0.2, 0.25) is 0 Å². The fraction of sp³-hybridized carbons (Fsp3) is 0.429. The molecule has 1 fully saturated rings. The topological polar surface area (TPSA) is 49.9 Å². The smallest absolute Gasteiger partial charge is 0.243 e. The normalized spacial score (nSPS) is 16.0. The van der Waals surface area contributed by atoms with E-state index in [9.17, 15) is 8.42 Å². The molecule has 1 saturated heterocycles. The lowest BCUT2D eigenvalue weighted by Crippen LogP contribution is -2.48. The Morgan fingerprint density at radius 1 is 0.889 bits per heavy atom. The van der Waals surface area contributed by atoms with Crippen LogP contribution in [0.15, 0.2) is 47.4 Å². The van der Waals surface area contributed by atoms with Gasteiger partial charge in [0.25, 0.3) is 0 Å². The second-order valence-electron chi connectivity index (χ2n) is 7.38. The van der Waals surface area contributed by atoms with E-state index in [1.54, 1.807) is 28.6 Å². The standard InChI is InChI=1S/C21H28N2O3S/c1-16(2)26-20-5-7-21(8-6-20)27(24,25)23-11-9-22(10-12-23)19-14-17(3)13-18(4)15-19/h5-8,13-16H,9-12H2,1-4H3. The Kier molecular flexibility index (Phi) is 5.77. The molecule has 1 aliphatic rings. The molecule has 3 rings (SSSR count). The first-order chi connectivity index (χ1) is 12.8. The number of aryl methyl sites for hydroxylation is 2. The Hall–Kier alpha value is -2.05. The Morgan fingerprint density at radius 3 is 1.96 bits per heavy atom. The van der Waals surface area contributed by atoms with E-state index < -0.39 is 10.0 Å². The minimum Gasteiger partial charge on any atom is -0.491 e. The second kappa shape index (κ2) is 7.90. The third-order valence-corrected chi connectivity index (χ3v) is 6.56. The van der Waals surface area contributed by atoms with Crippen molar-refractivity contribution < 1.29 is 13.2 Å². The van der Waals surface area contributed by atoms with Gasteiger partial charge in [-0.3, -0.25) is 0 Å². The van der Waals surface area contributed by atoms with Gasteiger partial charge in [0.1, 0.15) is 5.75 Å². The van der Waals surface area contributed by atoms with Crippen LogP contribution in [0.3, 0.4) is 0 Å². The summed E-state index contributed by atoms with van der Waals surface area (Å²) in [6.07, 6.45) is 0.0609. The zero-order chi connectivity index (χ0) is 19.6. The molecular formula is C21H28N2O3S. The van der Waals surface area contributed by atoms with E-state index in [-0.39, 0.29) is 6.10 Å². The number of hydrogen-bond donors (Lipinski definition) is 0. The summed E-state index contributed by atoms with van der Waals surface area (Å²) >= 11 is 0. The molecule has 2 aromatic rings. The number of rotatable bonds is 5. The number of hydrogen-bond acceptors (Lipinski definition) is 4. The largest absolute Gasteiger partial charge is 0.491 e. The van der Waals surface area contributed by atoms with Crippen molar-refractivity contribution in [3.8, 4) is 5.75 Å². The average Bonchev–Trinajstić information content (AvgIpc) is 2.61. The molecule has 0 saturated carbocycles. The van der Waals surface area contributed by atoms with Crippen molar-refractivity contribution in [3.05, 3.63) is 53.6 Å². The SMILES string of the molecule is Cc1cc(C)cc(N2CCN(S(=O)(=O)c3ccc(OC(C)C)cc3)CC2)c1. The Morgan fingerprint density at radius 2 is 1.44 bits per heavy atom. The fourth-order valence-electron chi connectivity index (χ4n) is 3.43. The zero-order valence-electron chi connectivity index (χ0n) is 16.5. The van der Waals surface area contributed by atoms with Gasteiger partial charge < -0.3 is 9.64 Å². The molecule has 0 aromatic heterocycles. The Labute approximate surface area is 162 Å². The summed E-state index contributed by atoms with van der Waals surface area (Å²) < 4.78 is 33.0. The predicted molar refractivity (Wildman–Crippen MR) is 109 cm³/mol. The van der Waals surface area contributed by atoms with Crippen LogP contribution in [-0.2, 0) is 10.0 Å². The minimum atomic E-state index is -3.48. The van der Waals surface area contributed by atoms with Crippen LogP contribution >= 0.6 is 0 Å². The average molecular weight is 389 g/mol. The lowest BCUT2D eigenvalue weighted by molar-refractivity contribution is 0.242. The highest BCUT2D eigenvalue weighted by Gasteiger charge is 2.28. The fourth-order valence-corrected chi connectivity index (χ4v) is 4.85. The second-order valence-corrected chi connectivity index (χ2v) is 9.31. The predicted octanol–water partition coefficient (Wildman–Crippen LogP) is 3.60. The third kappa shape index (κ3) is 4.62. The van der Waals surface area contributed by atoms with Gasteiger partial charge in [0.2, 0.25) is 10.0 Å². The van der Waals surface area contributed by atoms with Gasteiger partial charge >= 0.3 is 0 Å². The monoisotopic (exact) mass is 388 g/mol. The van der Waals surface area contributed by atoms with Crippen LogP contribution in [0.5, 0.6) is 5.75 Å². The van der Waals surface area contributed by atoms with Crippen LogP contribution in [0.25, 0.3) is 0 Å². The van der Waals surface area contributed by atoms with E-state index in [0.717, 1.165) is 0 Å². The summed E-state index contributed by atoms with van der Waals surface area (Å²) in [4.78, 5) is 2.57. The van der Waals surface area contributed by atoms with Gasteiger partial charge in [-0.25, -0.2) is 8.42 Å². The van der Waals surface area contributed by atoms with Gasteiger partial charge in [0.05, 0.1) is 11.0 Å². The molecule has 0 radical (unpaired) electrons. The molecule has 0 N–H and O–H groups in total. The molecule has 1 heterocycles. The molecule has 0 spiro atoms. The Balaban J connectivity index is 1.69. The van der Waals surface area contributed by atoms with Crippen molar-refractivity contribution in [2.75, 3.05) is 31.1 Å². The van der Waals surface area contributed by atoms with Crippen LogP contribution in [0, 0.1) is 13.8 Å². The summed E-state index contributed by atoms with van der Waals surface area (Å²) in [6, 6.07) is 13.2. The summed E-state index contributed by atoms with van der Waals surface area (Å²) in [7, 11) is -3.48. The first-order valence-corrected chi connectivity index (χ1v) is 10.8. The van der Waals surface area contributed by atoms with Crippen molar-refractivity contribution in [3.63, 3.8) is 0 Å². The van der Waals surface area contributed by atoms with E-state index in [1.807, 2.05) is 13.8 Å². The number of sulfonamides is 1. The van der Waals surface area contributed by atoms with E-state index in [2.05, 4.69) is 36.9 Å². The first kappa shape index (κ1) is 19.7. The number of ether oxygens (including phenoxy) is 1. The van der Waals surface area contributed by atoms with Crippen molar-refractivity contribution in [1.29, 1.82) is 0 Å². The third-order valence-electron chi connectivity index (χ3n) is 4.64. The van der Waals surface area contributed by atoms with E-state index in [4.69, 9.17) is 4.74 Å². The van der Waals surface area contributed by atoms with Crippen molar-refractivity contribution >= 4 is 15.7 Å². The van der Waals surface area contributed by atoms with Gasteiger partial charge in [-0.2, -0.15) is 4.31 Å². The molecule has 0 bridgehead atoms. The first-order valence-electron chi connectivity index (χ1n) is 9.36. The zero-order valence-corrected chi connectivity index (χ0v) is 17.3. The van der Waals surface area contributed by atoms with E-state index in [0.29, 0.717) is 36.8 Å². The van der Waals surface area contributed by atoms with Gasteiger partial charge in [0.15, 0.2) is 0 Å². The number of benzene rings is 2. The number of anilines is 1. The molecule has 0 atom stereocenters. The minimum absolute atomic E-state index is 0.0609. The van der Waals surface area contributed by atoms with Crippen LogP contribution in [0.4, 0.5) is 5.69 Å². The lowest BCUT2D eigenvalue weighted by atomic mass is 10.1. The van der Waals surface area contributed by atoms with Gasteiger partial charge in [0, 0.05) is 31.9 Å². The molecule has 0 aliphatic carbocycles. The quantitative estimate of drug-likeness (QED) is 0.785. The van der Waals surface area contributed by atoms with Crippen LogP contribution in [-0.4, -0.2) is 45.0 Å². The van der Waals surface area contributed by atoms with Crippen LogP contribution in [0.1, 0.15) is 25.0 Å². The Bertz CT molecular complexity index is 864. The molecule has 146 valence electrons. The lowest BCUT2D eigenvalue weighted by Gasteiger charge is -2.35. The van der Waals surface area contributed by atoms with Gasteiger partial charge in [-0.05, 0) is 75.2 Å². The van der Waals surface area contributed by atoms with Crippen LogP contribution < -0.4 is 9.64 Å². The summed E-state index contributed by atoms with van der Waals surface area (Å²) in [6.45, 7) is 10.4. The maximum absolute atomic E-state index is 12.9. The summed E-state index contributed by atoms with van der Waals surface area (Å²) in [5.41, 5.74) is 3.62. The van der Waals surface area contributed by atoms with E-state index in [1.165, 1.54) is 16.8 Å². The highest BCUT2D eigenvalue weighted by molar-refractivity contribution is 7.89. The highest BCUT2D eigenvalue weighted by atomic mass is 32.2. The molecule has 0 amide bonds. The maximum Gasteiger partial charge on any atom is 0.243 e. The maximum atomic E-state index is 12.9. The molecule has 6 heteroatoms. The molecule has 27 heavy (non-hydrogen) atoms. The highest BCUT2D eigenvalue weighted by Crippen LogP contribution is 2.24. The van der Waals surface area contributed by atoms with Gasteiger partial charge in [-0.15, -0.1) is 0 Å². The molecule has 0 unspecified atom stereocenters. The van der Waals surface area contributed by atoms with Crippen molar-refractivity contribution in [2.24, 2.45) is 0 Å². The van der Waals surface area contributed by atoms with E-state index >= 15 is 0 Å². The molecule has 5 nitrogen and oxygen atoms in total. The molecule has 2 aromatic carbocycles.